The van der Waals surface area contributed by atoms with Crippen LogP contribution in [0, 0.1) is 0 Å². The van der Waals surface area contributed by atoms with Gasteiger partial charge in [-0.2, -0.15) is 0 Å². The number of anilines is 1. The molecule has 3 aromatic carbocycles. The number of nitrogens with zero attached hydrogens (tertiary/aromatic N) is 1. The molecule has 0 saturated carbocycles. The molecule has 0 aliphatic heterocycles. The van der Waals surface area contributed by atoms with E-state index in [2.05, 4.69) is 29.4 Å². The minimum absolute atomic E-state index is 0.0923. The monoisotopic (exact) mass is 362 g/mol. The van der Waals surface area contributed by atoms with Crippen LogP contribution in [-0.4, -0.2) is 32.1 Å². The van der Waals surface area contributed by atoms with Gasteiger partial charge < -0.3 is 15.0 Å². The van der Waals surface area contributed by atoms with Crippen molar-refractivity contribution < 1.29 is 9.53 Å². The molecule has 0 saturated heterocycles. The Bertz CT molecular complexity index is 874. The molecule has 3 rings (SSSR count). The van der Waals surface area contributed by atoms with Crippen molar-refractivity contribution in [1.29, 1.82) is 0 Å². The topological polar surface area (TPSA) is 41.6 Å². The maximum Gasteiger partial charge on any atom is 0.260 e. The third kappa shape index (κ3) is 5.00. The molecular formula is C23H26N2O2. The predicted octanol–water partition coefficient (Wildman–Crippen LogP) is 4.25. The fraction of sp³-hybridized carbons (Fsp3) is 0.261. The van der Waals surface area contributed by atoms with E-state index in [-0.39, 0.29) is 5.91 Å². The first kappa shape index (κ1) is 18.8. The zero-order valence-electron chi connectivity index (χ0n) is 15.9. The molecule has 0 aliphatic rings. The van der Waals surface area contributed by atoms with Gasteiger partial charge in [-0.05, 0) is 36.9 Å². The van der Waals surface area contributed by atoms with Crippen molar-refractivity contribution in [3.05, 3.63) is 72.8 Å². The Morgan fingerprint density at radius 2 is 1.70 bits per heavy atom. The van der Waals surface area contributed by atoms with Gasteiger partial charge in [-0.1, -0.05) is 54.6 Å². The molecule has 0 bridgehead atoms. The Hall–Kier alpha value is -3.01. The van der Waals surface area contributed by atoms with Gasteiger partial charge in [-0.25, -0.2) is 0 Å². The quantitative estimate of drug-likeness (QED) is 0.609. The molecule has 0 heterocycles. The van der Waals surface area contributed by atoms with E-state index in [4.69, 9.17) is 4.74 Å². The van der Waals surface area contributed by atoms with Gasteiger partial charge in [-0.3, -0.25) is 4.79 Å². The van der Waals surface area contributed by atoms with Crippen LogP contribution in [0.3, 0.4) is 0 Å². The van der Waals surface area contributed by atoms with Gasteiger partial charge in [0.1, 0.15) is 5.75 Å². The lowest BCUT2D eigenvalue weighted by Crippen LogP contribution is -2.37. The first-order valence-corrected chi connectivity index (χ1v) is 9.33. The maximum atomic E-state index is 12.3. The van der Waals surface area contributed by atoms with Gasteiger partial charge in [0, 0.05) is 31.2 Å². The van der Waals surface area contributed by atoms with E-state index >= 15 is 0 Å². The second-order valence-corrected chi connectivity index (χ2v) is 6.64. The van der Waals surface area contributed by atoms with E-state index in [0.717, 1.165) is 29.5 Å². The molecule has 0 aromatic heterocycles. The van der Waals surface area contributed by atoms with E-state index in [9.17, 15) is 4.79 Å². The number of hydrogen-bond donors (Lipinski definition) is 1. The van der Waals surface area contributed by atoms with Crippen molar-refractivity contribution >= 4 is 22.4 Å². The Labute approximate surface area is 160 Å². The predicted molar refractivity (Wildman–Crippen MR) is 111 cm³/mol. The highest BCUT2D eigenvalue weighted by Gasteiger charge is 2.15. The third-order valence-electron chi connectivity index (χ3n) is 4.59. The summed E-state index contributed by atoms with van der Waals surface area (Å²) in [5, 5.41) is 5.09. The lowest BCUT2D eigenvalue weighted by molar-refractivity contribution is -0.127. The largest absolute Gasteiger partial charge is 0.480 e. The van der Waals surface area contributed by atoms with Gasteiger partial charge >= 0.3 is 0 Å². The Balaban J connectivity index is 1.46. The number of nitrogens with one attached hydrogen (secondary N) is 1. The summed E-state index contributed by atoms with van der Waals surface area (Å²) >= 11 is 0. The minimum atomic E-state index is -0.539. The highest BCUT2D eigenvalue weighted by molar-refractivity contribution is 5.89. The fourth-order valence-corrected chi connectivity index (χ4v) is 3.03. The Morgan fingerprint density at radius 1 is 1.00 bits per heavy atom. The molecule has 3 aromatic rings. The van der Waals surface area contributed by atoms with E-state index in [1.165, 1.54) is 5.69 Å². The van der Waals surface area contributed by atoms with Crippen LogP contribution in [0.2, 0.25) is 0 Å². The first-order valence-electron chi connectivity index (χ1n) is 9.33. The number of benzene rings is 3. The fourth-order valence-electron chi connectivity index (χ4n) is 3.03. The molecule has 4 heteroatoms. The zero-order valence-corrected chi connectivity index (χ0v) is 15.9. The van der Waals surface area contributed by atoms with E-state index in [1.807, 2.05) is 60.7 Å². The maximum absolute atomic E-state index is 12.3. The van der Waals surface area contributed by atoms with Crippen LogP contribution in [0.5, 0.6) is 5.75 Å². The summed E-state index contributed by atoms with van der Waals surface area (Å²) in [6.45, 7) is 3.29. The zero-order chi connectivity index (χ0) is 19.1. The second-order valence-electron chi connectivity index (χ2n) is 6.64. The second kappa shape index (κ2) is 9.08. The molecule has 4 nitrogen and oxygen atoms in total. The first-order chi connectivity index (χ1) is 13.1. The molecule has 27 heavy (non-hydrogen) atoms. The van der Waals surface area contributed by atoms with Crippen molar-refractivity contribution in [2.45, 2.75) is 19.4 Å². The summed E-state index contributed by atoms with van der Waals surface area (Å²) in [4.78, 5) is 14.5. The van der Waals surface area contributed by atoms with E-state index in [1.54, 1.807) is 6.92 Å². The van der Waals surface area contributed by atoms with Crippen LogP contribution in [0.4, 0.5) is 5.69 Å². The number of fused-ring (bicyclic) bond motifs is 1. The van der Waals surface area contributed by atoms with Gasteiger partial charge in [0.05, 0.1) is 0 Å². The molecule has 0 fully saturated rings. The van der Waals surface area contributed by atoms with Gasteiger partial charge in [0.25, 0.3) is 5.91 Å². The summed E-state index contributed by atoms with van der Waals surface area (Å²) in [5.74, 6) is 0.643. The summed E-state index contributed by atoms with van der Waals surface area (Å²) in [5.41, 5.74) is 1.18. The van der Waals surface area contributed by atoms with Crippen LogP contribution in [-0.2, 0) is 4.79 Å². The number of para-hydroxylation sites is 1. The Morgan fingerprint density at radius 3 is 2.52 bits per heavy atom. The normalized spacial score (nSPS) is 11.8. The van der Waals surface area contributed by atoms with Crippen LogP contribution in [0.1, 0.15) is 13.3 Å². The number of amides is 1. The highest BCUT2D eigenvalue weighted by atomic mass is 16.5. The number of hydrogen-bond acceptors (Lipinski definition) is 3. The summed E-state index contributed by atoms with van der Waals surface area (Å²) in [7, 11) is 2.06. The van der Waals surface area contributed by atoms with Crippen LogP contribution >= 0.6 is 0 Å². The van der Waals surface area contributed by atoms with Crippen LogP contribution in [0.15, 0.2) is 72.8 Å². The van der Waals surface area contributed by atoms with Crippen molar-refractivity contribution in [2.24, 2.45) is 0 Å². The number of carbonyl (C=O) groups excluding carboxylic acids is 1. The number of carbonyl (C=O) groups is 1. The molecule has 1 N–H and O–H groups in total. The highest BCUT2D eigenvalue weighted by Crippen LogP contribution is 2.26. The van der Waals surface area contributed by atoms with E-state index in [0.29, 0.717) is 6.54 Å². The molecule has 1 atom stereocenters. The van der Waals surface area contributed by atoms with E-state index < -0.39 is 6.10 Å². The average Bonchev–Trinajstić information content (AvgIpc) is 2.71. The minimum Gasteiger partial charge on any atom is -0.480 e. The Kier molecular flexibility index (Phi) is 6.31. The standard InChI is InChI=1S/C23H26N2O2/c1-18(27-22-15-8-11-19-10-6-7-14-21(19)22)23(26)24-16-9-17-25(2)20-12-4-3-5-13-20/h3-8,10-15,18H,9,16-17H2,1-2H3,(H,24,26). The lowest BCUT2D eigenvalue weighted by atomic mass is 10.1. The summed E-state index contributed by atoms with van der Waals surface area (Å²) in [6.07, 6.45) is 0.334. The van der Waals surface area contributed by atoms with Gasteiger partial charge in [0.15, 0.2) is 6.10 Å². The average molecular weight is 362 g/mol. The lowest BCUT2D eigenvalue weighted by Gasteiger charge is -2.20. The van der Waals surface area contributed by atoms with Crippen molar-refractivity contribution in [2.75, 3.05) is 25.0 Å². The van der Waals surface area contributed by atoms with Crippen molar-refractivity contribution in [1.82, 2.24) is 5.32 Å². The number of rotatable bonds is 8. The number of ether oxygens (including phenoxy) is 1. The van der Waals surface area contributed by atoms with Gasteiger partial charge in [0.2, 0.25) is 0 Å². The van der Waals surface area contributed by atoms with Crippen molar-refractivity contribution in [3.8, 4) is 5.75 Å². The SMILES string of the molecule is CC(Oc1cccc2ccccc12)C(=O)NCCCN(C)c1ccccc1. The molecule has 0 radical (unpaired) electrons. The third-order valence-corrected chi connectivity index (χ3v) is 4.59. The van der Waals surface area contributed by atoms with Crippen LogP contribution < -0.4 is 15.0 Å². The molecule has 1 unspecified atom stereocenters. The van der Waals surface area contributed by atoms with Crippen molar-refractivity contribution in [3.63, 3.8) is 0 Å². The molecule has 1 amide bonds. The molecule has 0 spiro atoms. The molecular weight excluding hydrogens is 336 g/mol. The molecule has 140 valence electrons. The molecule has 0 aliphatic carbocycles. The van der Waals surface area contributed by atoms with Crippen LogP contribution in [0.25, 0.3) is 10.8 Å². The smallest absolute Gasteiger partial charge is 0.260 e. The van der Waals surface area contributed by atoms with Gasteiger partial charge in [-0.15, -0.1) is 0 Å². The summed E-state index contributed by atoms with van der Waals surface area (Å²) < 4.78 is 5.91. The summed E-state index contributed by atoms with van der Waals surface area (Å²) in [6, 6.07) is 24.1.